The van der Waals surface area contributed by atoms with Crippen molar-refractivity contribution in [2.24, 2.45) is 0 Å². The Morgan fingerprint density at radius 1 is 1.21 bits per heavy atom. The topological polar surface area (TPSA) is 50.2 Å². The number of rotatable bonds is 3. The van der Waals surface area contributed by atoms with E-state index in [1.54, 1.807) is 31.2 Å². The standard InChI is InChI=1S/C14H18N4O/c1-10-9-11(2)18(15-10)13-7-5-12(6-8-13)14(19)16-17(3)4/h5-9H,1-4H3,(H,16,19). The lowest BCUT2D eigenvalue weighted by molar-refractivity contribution is 0.0857. The summed E-state index contributed by atoms with van der Waals surface area (Å²) in [5.74, 6) is -0.120. The lowest BCUT2D eigenvalue weighted by Gasteiger charge is -2.12. The van der Waals surface area contributed by atoms with Crippen LogP contribution in [0.2, 0.25) is 0 Å². The molecule has 19 heavy (non-hydrogen) atoms. The molecule has 0 radical (unpaired) electrons. The zero-order valence-electron chi connectivity index (χ0n) is 11.6. The molecule has 2 aromatic rings. The van der Waals surface area contributed by atoms with Crippen molar-refractivity contribution in [1.82, 2.24) is 20.2 Å². The third-order valence-electron chi connectivity index (χ3n) is 2.71. The highest BCUT2D eigenvalue weighted by Crippen LogP contribution is 2.13. The van der Waals surface area contributed by atoms with Crippen LogP contribution in [0.3, 0.4) is 0 Å². The summed E-state index contributed by atoms with van der Waals surface area (Å²) in [4.78, 5) is 11.8. The molecule has 0 aliphatic heterocycles. The number of hydrogen-bond acceptors (Lipinski definition) is 3. The Bertz CT molecular complexity index is 584. The fourth-order valence-electron chi connectivity index (χ4n) is 1.91. The van der Waals surface area contributed by atoms with Gasteiger partial charge in [-0.25, -0.2) is 9.69 Å². The zero-order valence-corrected chi connectivity index (χ0v) is 11.6. The summed E-state index contributed by atoms with van der Waals surface area (Å²) in [5, 5.41) is 6.03. The van der Waals surface area contributed by atoms with E-state index in [0.717, 1.165) is 17.1 Å². The predicted octanol–water partition coefficient (Wildman–Crippen LogP) is 1.70. The van der Waals surface area contributed by atoms with Crippen molar-refractivity contribution >= 4 is 5.91 Å². The molecule has 0 saturated heterocycles. The van der Waals surface area contributed by atoms with Gasteiger partial charge in [-0.2, -0.15) is 5.10 Å². The second-order valence-electron chi connectivity index (χ2n) is 4.72. The summed E-state index contributed by atoms with van der Waals surface area (Å²) in [6.07, 6.45) is 0. The average molecular weight is 258 g/mol. The molecule has 0 unspecified atom stereocenters. The molecule has 5 nitrogen and oxygen atoms in total. The summed E-state index contributed by atoms with van der Waals surface area (Å²) in [6.45, 7) is 3.97. The van der Waals surface area contributed by atoms with E-state index >= 15 is 0 Å². The van der Waals surface area contributed by atoms with Crippen LogP contribution in [-0.2, 0) is 0 Å². The lowest BCUT2D eigenvalue weighted by atomic mass is 10.2. The van der Waals surface area contributed by atoms with E-state index < -0.39 is 0 Å². The van der Waals surface area contributed by atoms with Gasteiger partial charge >= 0.3 is 0 Å². The molecule has 0 atom stereocenters. The molecular weight excluding hydrogens is 240 g/mol. The first-order valence-corrected chi connectivity index (χ1v) is 6.09. The molecule has 5 heteroatoms. The minimum Gasteiger partial charge on any atom is -0.285 e. The van der Waals surface area contributed by atoms with E-state index in [-0.39, 0.29) is 5.91 Å². The number of benzene rings is 1. The second-order valence-corrected chi connectivity index (χ2v) is 4.72. The molecule has 0 aliphatic carbocycles. The maximum atomic E-state index is 11.8. The summed E-state index contributed by atoms with van der Waals surface area (Å²) < 4.78 is 1.86. The quantitative estimate of drug-likeness (QED) is 0.852. The van der Waals surface area contributed by atoms with Crippen molar-refractivity contribution in [2.75, 3.05) is 14.1 Å². The number of hydrazine groups is 1. The third kappa shape index (κ3) is 3.00. The Morgan fingerprint density at radius 2 is 1.84 bits per heavy atom. The van der Waals surface area contributed by atoms with Crippen molar-refractivity contribution < 1.29 is 4.79 Å². The molecule has 0 aliphatic rings. The molecule has 0 spiro atoms. The summed E-state index contributed by atoms with van der Waals surface area (Å²) in [7, 11) is 3.56. The molecule has 1 heterocycles. The molecule has 100 valence electrons. The number of nitrogens with zero attached hydrogens (tertiary/aromatic N) is 3. The van der Waals surface area contributed by atoms with Gasteiger partial charge < -0.3 is 0 Å². The minimum absolute atomic E-state index is 0.120. The van der Waals surface area contributed by atoms with Crippen LogP contribution < -0.4 is 5.43 Å². The summed E-state index contributed by atoms with van der Waals surface area (Å²) in [6, 6.07) is 9.40. The van der Waals surface area contributed by atoms with Crippen LogP contribution in [0.15, 0.2) is 30.3 Å². The van der Waals surface area contributed by atoms with Crippen molar-refractivity contribution in [3.8, 4) is 5.69 Å². The van der Waals surface area contributed by atoms with Gasteiger partial charge in [-0.3, -0.25) is 10.2 Å². The average Bonchev–Trinajstić information content (AvgIpc) is 2.68. The summed E-state index contributed by atoms with van der Waals surface area (Å²) in [5.41, 5.74) is 6.33. The van der Waals surface area contributed by atoms with E-state index in [1.165, 1.54) is 0 Å². The van der Waals surface area contributed by atoms with Gasteiger partial charge in [0.1, 0.15) is 0 Å². The van der Waals surface area contributed by atoms with Gasteiger partial charge in [0, 0.05) is 25.4 Å². The molecule has 0 bridgehead atoms. The number of nitrogens with one attached hydrogen (secondary N) is 1. The molecule has 1 N–H and O–H groups in total. The third-order valence-corrected chi connectivity index (χ3v) is 2.71. The number of carbonyl (C=O) groups is 1. The van der Waals surface area contributed by atoms with E-state index in [4.69, 9.17) is 0 Å². The van der Waals surface area contributed by atoms with Crippen LogP contribution in [-0.4, -0.2) is 34.8 Å². The van der Waals surface area contributed by atoms with Crippen molar-refractivity contribution in [3.05, 3.63) is 47.3 Å². The van der Waals surface area contributed by atoms with Crippen LogP contribution in [0.25, 0.3) is 5.69 Å². The fraction of sp³-hybridized carbons (Fsp3) is 0.286. The van der Waals surface area contributed by atoms with Gasteiger partial charge in [-0.05, 0) is 44.2 Å². The fourth-order valence-corrected chi connectivity index (χ4v) is 1.91. The Morgan fingerprint density at radius 3 is 2.32 bits per heavy atom. The van der Waals surface area contributed by atoms with Gasteiger partial charge in [-0.1, -0.05) is 0 Å². The number of aryl methyl sites for hydroxylation is 2. The van der Waals surface area contributed by atoms with Gasteiger partial charge in [0.25, 0.3) is 5.91 Å². The number of carbonyl (C=O) groups excluding carboxylic acids is 1. The summed E-state index contributed by atoms with van der Waals surface area (Å²) >= 11 is 0. The van der Waals surface area contributed by atoms with Crippen LogP contribution in [0.4, 0.5) is 0 Å². The first kappa shape index (κ1) is 13.3. The Labute approximate surface area is 112 Å². The minimum atomic E-state index is -0.120. The largest absolute Gasteiger partial charge is 0.285 e. The first-order chi connectivity index (χ1) is 8.97. The van der Waals surface area contributed by atoms with Crippen LogP contribution in [0.1, 0.15) is 21.7 Å². The predicted molar refractivity (Wildman–Crippen MR) is 74.2 cm³/mol. The number of aromatic nitrogens is 2. The normalized spacial score (nSPS) is 10.8. The van der Waals surface area contributed by atoms with Gasteiger partial charge in [-0.15, -0.1) is 0 Å². The number of amides is 1. The monoisotopic (exact) mass is 258 g/mol. The molecular formula is C14H18N4O. The van der Waals surface area contributed by atoms with Crippen molar-refractivity contribution in [2.45, 2.75) is 13.8 Å². The van der Waals surface area contributed by atoms with Gasteiger partial charge in [0.05, 0.1) is 11.4 Å². The van der Waals surface area contributed by atoms with E-state index in [2.05, 4.69) is 10.5 Å². The Hall–Kier alpha value is -2.14. The Balaban J connectivity index is 2.23. The van der Waals surface area contributed by atoms with E-state index in [9.17, 15) is 4.79 Å². The molecule has 0 fully saturated rings. The van der Waals surface area contributed by atoms with Crippen molar-refractivity contribution in [3.63, 3.8) is 0 Å². The highest BCUT2D eigenvalue weighted by Gasteiger charge is 2.07. The molecule has 2 rings (SSSR count). The first-order valence-electron chi connectivity index (χ1n) is 6.09. The van der Waals surface area contributed by atoms with E-state index in [0.29, 0.717) is 5.56 Å². The SMILES string of the molecule is Cc1cc(C)n(-c2ccc(C(=O)NN(C)C)cc2)n1. The molecule has 1 amide bonds. The highest BCUT2D eigenvalue weighted by atomic mass is 16.2. The van der Waals surface area contributed by atoms with Crippen LogP contribution in [0.5, 0.6) is 0 Å². The highest BCUT2D eigenvalue weighted by molar-refractivity contribution is 5.93. The molecule has 1 aromatic heterocycles. The maximum absolute atomic E-state index is 11.8. The Kier molecular flexibility index (Phi) is 3.66. The van der Waals surface area contributed by atoms with E-state index in [1.807, 2.05) is 36.7 Å². The molecule has 0 saturated carbocycles. The second kappa shape index (κ2) is 5.24. The lowest BCUT2D eigenvalue weighted by Crippen LogP contribution is -2.36. The molecule has 1 aromatic carbocycles. The van der Waals surface area contributed by atoms with Gasteiger partial charge in [0.15, 0.2) is 0 Å². The number of hydrogen-bond donors (Lipinski definition) is 1. The van der Waals surface area contributed by atoms with Crippen LogP contribution in [0, 0.1) is 13.8 Å². The zero-order chi connectivity index (χ0) is 14.0. The van der Waals surface area contributed by atoms with Gasteiger partial charge in [0.2, 0.25) is 0 Å². The van der Waals surface area contributed by atoms with Crippen molar-refractivity contribution in [1.29, 1.82) is 0 Å². The van der Waals surface area contributed by atoms with Crippen LogP contribution >= 0.6 is 0 Å². The maximum Gasteiger partial charge on any atom is 0.265 e. The smallest absolute Gasteiger partial charge is 0.265 e.